The topological polar surface area (TPSA) is 102 Å². The largest absolute Gasteiger partial charge is 0.481 e. The molecule has 0 saturated carbocycles. The molecule has 2 aromatic heterocycles. The summed E-state index contributed by atoms with van der Waals surface area (Å²) in [5.41, 5.74) is 0.766. The average Bonchev–Trinajstić information content (AvgIpc) is 3.24. The van der Waals surface area contributed by atoms with Crippen LogP contribution < -0.4 is 18.9 Å². The number of para-hydroxylation sites is 1. The van der Waals surface area contributed by atoms with E-state index in [-0.39, 0.29) is 34.8 Å². The molecule has 5 rings (SSSR count). The molecule has 0 amide bonds. The summed E-state index contributed by atoms with van der Waals surface area (Å²) >= 11 is 0. The van der Waals surface area contributed by atoms with Gasteiger partial charge in [0.2, 0.25) is 11.8 Å². The number of hydrogen-bond acceptors (Lipinski definition) is 9. The molecule has 0 N–H and O–H groups in total. The Morgan fingerprint density at radius 2 is 1.66 bits per heavy atom. The Bertz CT molecular complexity index is 1280. The molecule has 0 spiro atoms. The van der Waals surface area contributed by atoms with Gasteiger partial charge < -0.3 is 28.1 Å². The van der Waals surface area contributed by atoms with E-state index in [1.807, 2.05) is 24.3 Å². The summed E-state index contributed by atoms with van der Waals surface area (Å²) in [6.07, 6.45) is 0. The summed E-state index contributed by atoms with van der Waals surface area (Å²) in [6, 6.07) is 15.6. The second-order valence-corrected chi connectivity index (χ2v) is 7.05. The van der Waals surface area contributed by atoms with Gasteiger partial charge in [0.25, 0.3) is 0 Å². The number of hydrogen-bond donors (Lipinski definition) is 0. The van der Waals surface area contributed by atoms with Gasteiger partial charge >= 0.3 is 17.8 Å². The van der Waals surface area contributed by atoms with Crippen molar-refractivity contribution in [1.29, 1.82) is 0 Å². The first kappa shape index (κ1) is 19.7. The van der Waals surface area contributed by atoms with Crippen molar-refractivity contribution in [3.63, 3.8) is 0 Å². The van der Waals surface area contributed by atoms with Crippen molar-refractivity contribution >= 4 is 16.9 Å². The second-order valence-electron chi connectivity index (χ2n) is 7.05. The van der Waals surface area contributed by atoms with Crippen molar-refractivity contribution in [2.45, 2.75) is 12.7 Å². The summed E-state index contributed by atoms with van der Waals surface area (Å²) in [5, 5.41) is 0.871. The van der Waals surface area contributed by atoms with E-state index in [2.05, 4.69) is 9.97 Å². The molecule has 0 fully saturated rings. The summed E-state index contributed by atoms with van der Waals surface area (Å²) < 4.78 is 33.6. The van der Waals surface area contributed by atoms with Crippen LogP contribution in [-0.2, 0) is 10.5 Å². The fraction of sp³-hybridized carbons (Fsp3) is 0.174. The molecule has 0 saturated heterocycles. The number of carbonyl (C=O) groups is 1. The number of nitrogens with zero attached hydrogens (tertiary/aromatic N) is 2. The number of furan rings is 1. The van der Waals surface area contributed by atoms with Gasteiger partial charge in [-0.25, -0.2) is 4.79 Å². The van der Waals surface area contributed by atoms with Crippen molar-refractivity contribution in [3.05, 3.63) is 65.9 Å². The minimum atomic E-state index is -1.45. The first-order valence-electron chi connectivity index (χ1n) is 9.68. The summed E-state index contributed by atoms with van der Waals surface area (Å²) in [5.74, 6) is -0.798. The van der Waals surface area contributed by atoms with Crippen molar-refractivity contribution in [1.82, 2.24) is 9.97 Å². The molecule has 4 aromatic rings. The fourth-order valence-corrected chi connectivity index (χ4v) is 3.38. The third kappa shape index (κ3) is 3.33. The lowest BCUT2D eigenvalue weighted by molar-refractivity contribution is -0.159. The van der Waals surface area contributed by atoms with E-state index in [9.17, 15) is 4.79 Å². The lowest BCUT2D eigenvalue weighted by atomic mass is 10.1. The summed E-state index contributed by atoms with van der Waals surface area (Å²) in [4.78, 5) is 21.3. The van der Waals surface area contributed by atoms with Gasteiger partial charge in [-0.3, -0.25) is 0 Å². The zero-order valence-corrected chi connectivity index (χ0v) is 17.4. The monoisotopic (exact) mass is 434 g/mol. The number of rotatable bonds is 5. The zero-order valence-electron chi connectivity index (χ0n) is 17.4. The quantitative estimate of drug-likeness (QED) is 0.421. The van der Waals surface area contributed by atoms with E-state index in [1.54, 1.807) is 31.2 Å². The molecule has 0 radical (unpaired) electrons. The molecule has 0 bridgehead atoms. The number of carbonyl (C=O) groups excluding carboxylic acids is 1. The predicted octanol–water partition coefficient (Wildman–Crippen LogP) is 4.45. The molecule has 1 aliphatic rings. The molecule has 162 valence electrons. The maximum atomic E-state index is 13.0. The van der Waals surface area contributed by atoms with E-state index in [0.29, 0.717) is 11.3 Å². The number of fused-ring (bicyclic) bond motifs is 2. The Morgan fingerprint density at radius 1 is 0.906 bits per heavy atom. The molecular weight excluding hydrogens is 416 g/mol. The molecule has 1 unspecified atom stereocenters. The third-order valence-corrected chi connectivity index (χ3v) is 4.94. The maximum Gasteiger partial charge on any atom is 0.349 e. The van der Waals surface area contributed by atoms with Gasteiger partial charge in [-0.15, -0.1) is 0 Å². The molecular formula is C23H18N2O7. The van der Waals surface area contributed by atoms with Gasteiger partial charge in [0, 0.05) is 12.3 Å². The normalized spacial score (nSPS) is 17.3. The number of aromatic nitrogens is 2. The minimum absolute atomic E-state index is 0.0620. The van der Waals surface area contributed by atoms with Crippen LogP contribution in [0.5, 0.6) is 29.3 Å². The van der Waals surface area contributed by atoms with Crippen LogP contribution in [0.25, 0.3) is 11.0 Å². The van der Waals surface area contributed by atoms with Crippen LogP contribution in [-0.4, -0.2) is 30.2 Å². The zero-order chi connectivity index (χ0) is 22.3. The van der Waals surface area contributed by atoms with E-state index in [4.69, 9.17) is 28.1 Å². The number of cyclic esters (lactones) is 1. The van der Waals surface area contributed by atoms with Gasteiger partial charge in [-0.1, -0.05) is 24.3 Å². The molecule has 9 nitrogen and oxygen atoms in total. The highest BCUT2D eigenvalue weighted by atomic mass is 16.7. The van der Waals surface area contributed by atoms with Crippen molar-refractivity contribution in [2.75, 3.05) is 14.2 Å². The maximum absolute atomic E-state index is 13.0. The number of ether oxygens (including phenoxy) is 5. The van der Waals surface area contributed by atoms with E-state index in [0.717, 1.165) is 5.39 Å². The predicted molar refractivity (Wildman–Crippen MR) is 111 cm³/mol. The molecule has 3 heterocycles. The van der Waals surface area contributed by atoms with Crippen LogP contribution in [0.1, 0.15) is 23.0 Å². The standard InChI is InChI=1S/C23H18N2O7/c1-23(17-11-13-7-4-5-8-14(13)29-17)31-16-10-6-9-15(20(16)21(26)32-23)30-22-24-18(27-2)12-19(25-22)28-3/h4-12H,1-3H3. The first-order valence-corrected chi connectivity index (χ1v) is 9.68. The number of esters is 1. The molecule has 32 heavy (non-hydrogen) atoms. The fourth-order valence-electron chi connectivity index (χ4n) is 3.38. The van der Waals surface area contributed by atoms with Crippen molar-refractivity contribution in [2.24, 2.45) is 0 Å². The average molecular weight is 434 g/mol. The molecule has 1 atom stereocenters. The van der Waals surface area contributed by atoms with Crippen LogP contribution in [0.2, 0.25) is 0 Å². The van der Waals surface area contributed by atoms with Gasteiger partial charge in [-0.2, -0.15) is 9.97 Å². The highest BCUT2D eigenvalue weighted by molar-refractivity contribution is 5.97. The molecule has 0 aliphatic carbocycles. The van der Waals surface area contributed by atoms with Crippen LogP contribution in [0, 0.1) is 0 Å². The van der Waals surface area contributed by atoms with E-state index in [1.165, 1.54) is 20.3 Å². The molecule has 1 aliphatic heterocycles. The third-order valence-electron chi connectivity index (χ3n) is 4.94. The Kier molecular flexibility index (Phi) is 4.58. The first-order chi connectivity index (χ1) is 15.5. The SMILES string of the molecule is COc1cc(OC)nc(Oc2cccc3c2C(=O)OC(C)(c2cc4ccccc4o2)O3)n1. The van der Waals surface area contributed by atoms with E-state index < -0.39 is 11.8 Å². The minimum Gasteiger partial charge on any atom is -0.481 e. The Labute approximate surface area is 182 Å². The smallest absolute Gasteiger partial charge is 0.349 e. The van der Waals surface area contributed by atoms with E-state index >= 15 is 0 Å². The number of benzene rings is 2. The van der Waals surface area contributed by atoms with Gasteiger partial charge in [0.15, 0.2) is 5.76 Å². The Morgan fingerprint density at radius 3 is 2.38 bits per heavy atom. The molecule has 2 aromatic carbocycles. The van der Waals surface area contributed by atoms with Gasteiger partial charge in [0.05, 0.1) is 20.3 Å². The van der Waals surface area contributed by atoms with Crippen LogP contribution >= 0.6 is 0 Å². The lowest BCUT2D eigenvalue weighted by Gasteiger charge is -2.33. The van der Waals surface area contributed by atoms with Crippen molar-refractivity contribution < 1.29 is 32.9 Å². The number of methoxy groups -OCH3 is 2. The summed E-state index contributed by atoms with van der Waals surface area (Å²) in [6.45, 7) is 1.62. The van der Waals surface area contributed by atoms with Crippen molar-refractivity contribution in [3.8, 4) is 29.3 Å². The second kappa shape index (κ2) is 7.45. The lowest BCUT2D eigenvalue weighted by Crippen LogP contribution is -2.39. The highest BCUT2D eigenvalue weighted by Gasteiger charge is 2.44. The van der Waals surface area contributed by atoms with Crippen LogP contribution in [0.3, 0.4) is 0 Å². The Hall–Kier alpha value is -4.27. The van der Waals surface area contributed by atoms with Crippen LogP contribution in [0.15, 0.2) is 59.0 Å². The summed E-state index contributed by atoms with van der Waals surface area (Å²) in [7, 11) is 2.92. The van der Waals surface area contributed by atoms with Gasteiger partial charge in [-0.05, 0) is 24.3 Å². The van der Waals surface area contributed by atoms with Crippen LogP contribution in [0.4, 0.5) is 0 Å². The highest BCUT2D eigenvalue weighted by Crippen LogP contribution is 2.43. The van der Waals surface area contributed by atoms with Gasteiger partial charge in [0.1, 0.15) is 22.6 Å². The Balaban J connectivity index is 1.51. The molecule has 9 heteroatoms.